The standard InChI is InChI=1S/C15H14BrFN2O3S/c1-23(21,22)19(12-6-4-5-11(16)9-12)10-15(20)18-14-8-3-2-7-13(14)17/h2-9H,10H2,1H3,(H,18,20). The fourth-order valence-electron chi connectivity index (χ4n) is 1.91. The molecule has 2 aromatic rings. The van der Waals surface area contributed by atoms with Gasteiger partial charge in [0.15, 0.2) is 0 Å². The zero-order valence-corrected chi connectivity index (χ0v) is 14.6. The maximum Gasteiger partial charge on any atom is 0.245 e. The van der Waals surface area contributed by atoms with Crippen LogP contribution in [-0.2, 0) is 14.8 Å². The van der Waals surface area contributed by atoms with E-state index in [4.69, 9.17) is 0 Å². The van der Waals surface area contributed by atoms with Crippen LogP contribution in [0.2, 0.25) is 0 Å². The van der Waals surface area contributed by atoms with Gasteiger partial charge < -0.3 is 5.32 Å². The molecule has 0 aromatic heterocycles. The Morgan fingerprint density at radius 1 is 1.22 bits per heavy atom. The second kappa shape index (κ2) is 7.10. The number of sulfonamides is 1. The zero-order chi connectivity index (χ0) is 17.0. The molecule has 8 heteroatoms. The third-order valence-electron chi connectivity index (χ3n) is 2.93. The van der Waals surface area contributed by atoms with Crippen molar-refractivity contribution >= 4 is 43.2 Å². The number of hydrogen-bond donors (Lipinski definition) is 1. The molecule has 0 bridgehead atoms. The summed E-state index contributed by atoms with van der Waals surface area (Å²) in [5, 5.41) is 2.37. The summed E-state index contributed by atoms with van der Waals surface area (Å²) < 4.78 is 39.1. The first-order valence-electron chi connectivity index (χ1n) is 6.55. The molecule has 0 saturated carbocycles. The van der Waals surface area contributed by atoms with Gasteiger partial charge >= 0.3 is 0 Å². The first kappa shape index (κ1) is 17.4. The summed E-state index contributed by atoms with van der Waals surface area (Å²) in [5.74, 6) is -1.23. The highest BCUT2D eigenvalue weighted by molar-refractivity contribution is 9.10. The van der Waals surface area contributed by atoms with Crippen molar-refractivity contribution in [2.75, 3.05) is 22.4 Å². The highest BCUT2D eigenvalue weighted by Crippen LogP contribution is 2.22. The molecular formula is C15H14BrFN2O3S. The lowest BCUT2D eigenvalue weighted by Crippen LogP contribution is -2.37. The van der Waals surface area contributed by atoms with E-state index in [9.17, 15) is 17.6 Å². The summed E-state index contributed by atoms with van der Waals surface area (Å²) in [6, 6.07) is 12.2. The minimum Gasteiger partial charge on any atom is -0.322 e. The van der Waals surface area contributed by atoms with Crippen LogP contribution < -0.4 is 9.62 Å². The van der Waals surface area contributed by atoms with E-state index in [1.165, 1.54) is 18.2 Å². The van der Waals surface area contributed by atoms with Crippen molar-refractivity contribution in [1.29, 1.82) is 0 Å². The molecule has 0 atom stereocenters. The summed E-state index contributed by atoms with van der Waals surface area (Å²) in [6.45, 7) is -0.455. The van der Waals surface area contributed by atoms with Crippen LogP contribution in [0.25, 0.3) is 0 Å². The smallest absolute Gasteiger partial charge is 0.245 e. The second-order valence-electron chi connectivity index (χ2n) is 4.78. The fourth-order valence-corrected chi connectivity index (χ4v) is 3.15. The third-order valence-corrected chi connectivity index (χ3v) is 4.57. The molecule has 122 valence electrons. The number of benzene rings is 2. The van der Waals surface area contributed by atoms with Gasteiger partial charge in [0.1, 0.15) is 12.4 Å². The Kier molecular flexibility index (Phi) is 5.38. The minimum atomic E-state index is -3.67. The van der Waals surface area contributed by atoms with Gasteiger partial charge in [0.2, 0.25) is 15.9 Å². The van der Waals surface area contributed by atoms with E-state index < -0.39 is 28.3 Å². The van der Waals surface area contributed by atoms with E-state index in [2.05, 4.69) is 21.2 Å². The lowest BCUT2D eigenvalue weighted by Gasteiger charge is -2.22. The molecule has 1 N–H and O–H groups in total. The molecule has 2 rings (SSSR count). The number of anilines is 2. The first-order valence-corrected chi connectivity index (χ1v) is 9.19. The van der Waals surface area contributed by atoms with Gasteiger partial charge in [0, 0.05) is 4.47 Å². The number of carbonyl (C=O) groups excluding carboxylic acids is 1. The maximum atomic E-state index is 13.5. The number of hydrogen-bond acceptors (Lipinski definition) is 3. The van der Waals surface area contributed by atoms with Crippen LogP contribution in [0.3, 0.4) is 0 Å². The summed E-state index contributed by atoms with van der Waals surface area (Å²) in [7, 11) is -3.67. The lowest BCUT2D eigenvalue weighted by molar-refractivity contribution is -0.114. The molecule has 0 aliphatic heterocycles. The van der Waals surface area contributed by atoms with Gasteiger partial charge in [-0.1, -0.05) is 34.1 Å². The SMILES string of the molecule is CS(=O)(=O)N(CC(=O)Nc1ccccc1F)c1cccc(Br)c1. The number of rotatable bonds is 5. The Balaban J connectivity index is 2.22. The minimum absolute atomic E-state index is 0.000179. The first-order chi connectivity index (χ1) is 10.8. The van der Waals surface area contributed by atoms with Crippen LogP contribution >= 0.6 is 15.9 Å². The van der Waals surface area contributed by atoms with Crippen molar-refractivity contribution < 1.29 is 17.6 Å². The van der Waals surface area contributed by atoms with Gasteiger partial charge in [-0.2, -0.15) is 0 Å². The van der Waals surface area contributed by atoms with Gasteiger partial charge in [-0.15, -0.1) is 0 Å². The second-order valence-corrected chi connectivity index (χ2v) is 7.60. The largest absolute Gasteiger partial charge is 0.322 e. The number of carbonyl (C=O) groups is 1. The summed E-state index contributed by atoms with van der Waals surface area (Å²) in [6.07, 6.45) is 1.00. The number of para-hydroxylation sites is 1. The normalized spacial score (nSPS) is 11.1. The molecule has 0 saturated heterocycles. The quantitative estimate of drug-likeness (QED) is 0.838. The average Bonchev–Trinajstić information content (AvgIpc) is 2.46. The maximum absolute atomic E-state index is 13.5. The predicted octanol–water partition coefficient (Wildman–Crippen LogP) is 2.99. The van der Waals surface area contributed by atoms with E-state index in [1.807, 2.05) is 0 Å². The van der Waals surface area contributed by atoms with Crippen molar-refractivity contribution in [3.8, 4) is 0 Å². The van der Waals surface area contributed by atoms with Crippen LogP contribution in [0.1, 0.15) is 0 Å². The summed E-state index contributed by atoms with van der Waals surface area (Å²) in [4.78, 5) is 12.1. The molecule has 0 aliphatic carbocycles. The molecule has 0 radical (unpaired) electrons. The van der Waals surface area contributed by atoms with Crippen LogP contribution in [0.15, 0.2) is 53.0 Å². The van der Waals surface area contributed by atoms with Gasteiger partial charge in [-0.3, -0.25) is 9.10 Å². The topological polar surface area (TPSA) is 66.5 Å². The molecule has 2 aromatic carbocycles. The van der Waals surface area contributed by atoms with Crippen LogP contribution in [0.4, 0.5) is 15.8 Å². The number of nitrogens with one attached hydrogen (secondary N) is 1. The van der Waals surface area contributed by atoms with E-state index in [-0.39, 0.29) is 5.69 Å². The summed E-state index contributed by atoms with van der Waals surface area (Å²) >= 11 is 3.26. The van der Waals surface area contributed by atoms with Gasteiger partial charge in [-0.05, 0) is 30.3 Å². The number of halogens is 2. The number of nitrogens with zero attached hydrogens (tertiary/aromatic N) is 1. The molecular weight excluding hydrogens is 387 g/mol. The van der Waals surface area contributed by atoms with Gasteiger partial charge in [0.25, 0.3) is 0 Å². The molecule has 0 fully saturated rings. The molecule has 23 heavy (non-hydrogen) atoms. The Bertz CT molecular complexity index is 827. The molecule has 0 aliphatic rings. The van der Waals surface area contributed by atoms with Crippen molar-refractivity contribution in [1.82, 2.24) is 0 Å². The van der Waals surface area contributed by atoms with Crippen LogP contribution in [0, 0.1) is 5.82 Å². The Morgan fingerprint density at radius 2 is 1.91 bits per heavy atom. The Hall–Kier alpha value is -1.93. The number of amides is 1. The third kappa shape index (κ3) is 4.77. The van der Waals surface area contributed by atoms with E-state index in [0.717, 1.165) is 10.6 Å². The lowest BCUT2D eigenvalue weighted by atomic mass is 10.3. The van der Waals surface area contributed by atoms with Crippen molar-refractivity contribution in [2.24, 2.45) is 0 Å². The molecule has 0 spiro atoms. The van der Waals surface area contributed by atoms with Crippen molar-refractivity contribution in [2.45, 2.75) is 0 Å². The molecule has 1 amide bonds. The molecule has 5 nitrogen and oxygen atoms in total. The Labute approximate surface area is 142 Å². The molecule has 0 heterocycles. The fraction of sp³-hybridized carbons (Fsp3) is 0.133. The summed E-state index contributed by atoms with van der Waals surface area (Å²) in [5.41, 5.74) is 0.339. The zero-order valence-electron chi connectivity index (χ0n) is 12.2. The highest BCUT2D eigenvalue weighted by Gasteiger charge is 2.21. The van der Waals surface area contributed by atoms with Crippen LogP contribution in [0.5, 0.6) is 0 Å². The van der Waals surface area contributed by atoms with E-state index >= 15 is 0 Å². The predicted molar refractivity (Wildman–Crippen MR) is 91.4 cm³/mol. The van der Waals surface area contributed by atoms with Gasteiger partial charge in [0.05, 0.1) is 17.6 Å². The molecule has 0 unspecified atom stereocenters. The van der Waals surface area contributed by atoms with E-state index in [0.29, 0.717) is 10.2 Å². The van der Waals surface area contributed by atoms with Gasteiger partial charge in [-0.25, -0.2) is 12.8 Å². The average molecular weight is 401 g/mol. The van der Waals surface area contributed by atoms with Crippen molar-refractivity contribution in [3.05, 3.63) is 58.8 Å². The van der Waals surface area contributed by atoms with Crippen LogP contribution in [-0.4, -0.2) is 27.1 Å². The Morgan fingerprint density at radius 3 is 2.52 bits per heavy atom. The monoisotopic (exact) mass is 400 g/mol. The van der Waals surface area contributed by atoms with E-state index in [1.54, 1.807) is 30.3 Å². The highest BCUT2D eigenvalue weighted by atomic mass is 79.9. The van der Waals surface area contributed by atoms with Crippen molar-refractivity contribution in [3.63, 3.8) is 0 Å².